The van der Waals surface area contributed by atoms with E-state index >= 15 is 0 Å². The third kappa shape index (κ3) is 4.52. The molecule has 2 aromatic heterocycles. The number of aromatic hydroxyl groups is 1. The number of para-hydroxylation sites is 1. The van der Waals surface area contributed by atoms with E-state index in [4.69, 9.17) is 0 Å². The molecule has 0 saturated heterocycles. The highest BCUT2D eigenvalue weighted by Gasteiger charge is 2.37. The number of phenolic OH excluding ortho intramolecular Hbond substituents is 1. The van der Waals surface area contributed by atoms with Gasteiger partial charge in [-0.3, -0.25) is 4.79 Å². The zero-order valence-electron chi connectivity index (χ0n) is 16.1. The van der Waals surface area contributed by atoms with Crippen molar-refractivity contribution in [3.8, 4) is 22.1 Å². The van der Waals surface area contributed by atoms with Crippen molar-refractivity contribution >= 4 is 23.5 Å². The van der Waals surface area contributed by atoms with E-state index in [2.05, 4.69) is 20.6 Å². The van der Waals surface area contributed by atoms with Crippen LogP contribution in [-0.4, -0.2) is 32.0 Å². The first-order chi connectivity index (χ1) is 15.3. The van der Waals surface area contributed by atoms with E-state index in [1.54, 1.807) is 48.5 Å². The van der Waals surface area contributed by atoms with E-state index < -0.39 is 17.8 Å². The molecule has 2 aromatic carbocycles. The van der Waals surface area contributed by atoms with Gasteiger partial charge in [-0.25, -0.2) is 15.1 Å². The summed E-state index contributed by atoms with van der Waals surface area (Å²) in [5, 5.41) is 18.7. The summed E-state index contributed by atoms with van der Waals surface area (Å²) in [5.41, 5.74) is 2.13. The summed E-state index contributed by atoms with van der Waals surface area (Å²) in [7, 11) is 0. The van der Waals surface area contributed by atoms with Crippen molar-refractivity contribution in [1.29, 1.82) is 0 Å². The van der Waals surface area contributed by atoms with Crippen molar-refractivity contribution in [2.75, 3.05) is 0 Å². The molecule has 1 amide bonds. The Kier molecular flexibility index (Phi) is 5.73. The molecule has 4 aromatic rings. The Morgan fingerprint density at radius 1 is 1.12 bits per heavy atom. The van der Waals surface area contributed by atoms with Crippen LogP contribution in [0, 0.1) is 0 Å². The number of halogens is 3. The van der Waals surface area contributed by atoms with E-state index in [-0.39, 0.29) is 22.3 Å². The van der Waals surface area contributed by atoms with Crippen LogP contribution in [0.1, 0.15) is 21.7 Å². The Labute approximate surface area is 183 Å². The number of benzene rings is 2. The maximum atomic E-state index is 13.6. The molecule has 0 atom stereocenters. The van der Waals surface area contributed by atoms with Crippen LogP contribution in [0.2, 0.25) is 0 Å². The third-order valence-corrected chi connectivity index (χ3v) is 5.10. The maximum absolute atomic E-state index is 13.6. The van der Waals surface area contributed by atoms with Crippen LogP contribution in [0.25, 0.3) is 16.4 Å². The van der Waals surface area contributed by atoms with Crippen molar-refractivity contribution in [2.45, 2.75) is 6.18 Å². The normalized spacial score (nSPS) is 11.7. The van der Waals surface area contributed by atoms with Crippen molar-refractivity contribution < 1.29 is 23.1 Å². The maximum Gasteiger partial charge on any atom is 0.433 e. The minimum absolute atomic E-state index is 0.0194. The number of thiazole rings is 1. The van der Waals surface area contributed by atoms with Crippen LogP contribution >= 0.6 is 11.3 Å². The fraction of sp³-hybridized carbons (Fsp3) is 0.0476. The van der Waals surface area contributed by atoms with Crippen molar-refractivity contribution in [3.05, 3.63) is 83.0 Å². The van der Waals surface area contributed by atoms with Gasteiger partial charge in [0.15, 0.2) is 5.69 Å². The zero-order chi connectivity index (χ0) is 22.7. The van der Waals surface area contributed by atoms with Gasteiger partial charge in [-0.05, 0) is 18.2 Å². The smallest absolute Gasteiger partial charge is 0.433 e. The lowest BCUT2D eigenvalue weighted by atomic mass is 10.1. The first-order valence-electron chi connectivity index (χ1n) is 9.13. The minimum atomic E-state index is -4.67. The number of hydrogen-bond donors (Lipinski definition) is 2. The second kappa shape index (κ2) is 8.63. The predicted molar refractivity (Wildman–Crippen MR) is 113 cm³/mol. The lowest BCUT2D eigenvalue weighted by molar-refractivity contribution is -0.142. The Bertz CT molecular complexity index is 1280. The molecule has 0 aliphatic carbocycles. The van der Waals surface area contributed by atoms with Gasteiger partial charge in [-0.2, -0.15) is 23.4 Å². The molecular formula is C21H14F3N5O2S. The van der Waals surface area contributed by atoms with Gasteiger partial charge in [-0.15, -0.1) is 11.3 Å². The second-order valence-electron chi connectivity index (χ2n) is 6.46. The highest BCUT2D eigenvalue weighted by atomic mass is 32.1. The number of hydrazone groups is 1. The molecule has 0 bridgehead atoms. The number of phenols is 1. The average Bonchev–Trinajstić information content (AvgIpc) is 3.43. The SMILES string of the molecule is O=C(N/N=C/c1ccccc1O)c1csc(-n2nc(-c3ccccc3)cc2C(F)(F)F)n1. The number of carbonyl (C=O) groups excluding carboxylic acids is 1. The van der Waals surface area contributed by atoms with Crippen LogP contribution in [0.5, 0.6) is 5.75 Å². The number of rotatable bonds is 5. The van der Waals surface area contributed by atoms with Gasteiger partial charge in [0.2, 0.25) is 5.13 Å². The Morgan fingerprint density at radius 3 is 2.56 bits per heavy atom. The van der Waals surface area contributed by atoms with E-state index in [0.29, 0.717) is 15.8 Å². The molecule has 162 valence electrons. The summed E-state index contributed by atoms with van der Waals surface area (Å²) in [6, 6.07) is 15.7. The average molecular weight is 457 g/mol. The molecule has 0 spiro atoms. The van der Waals surface area contributed by atoms with Gasteiger partial charge < -0.3 is 5.11 Å². The van der Waals surface area contributed by atoms with Crippen molar-refractivity contribution in [3.63, 3.8) is 0 Å². The number of amides is 1. The van der Waals surface area contributed by atoms with Crippen LogP contribution in [0.3, 0.4) is 0 Å². The molecule has 0 radical (unpaired) electrons. The Hall–Kier alpha value is -3.99. The molecule has 11 heteroatoms. The summed E-state index contributed by atoms with van der Waals surface area (Å²) in [5.74, 6) is -0.739. The van der Waals surface area contributed by atoms with Crippen LogP contribution in [-0.2, 0) is 6.18 Å². The molecule has 7 nitrogen and oxygen atoms in total. The lowest BCUT2D eigenvalue weighted by Crippen LogP contribution is -2.18. The number of alkyl halides is 3. The fourth-order valence-corrected chi connectivity index (χ4v) is 3.53. The van der Waals surface area contributed by atoms with Gasteiger partial charge in [-0.1, -0.05) is 42.5 Å². The zero-order valence-corrected chi connectivity index (χ0v) is 16.9. The van der Waals surface area contributed by atoms with Gasteiger partial charge in [0.1, 0.15) is 11.4 Å². The predicted octanol–water partition coefficient (Wildman–Crippen LogP) is 4.48. The summed E-state index contributed by atoms with van der Waals surface area (Å²) in [6.45, 7) is 0. The summed E-state index contributed by atoms with van der Waals surface area (Å²) in [4.78, 5) is 16.3. The van der Waals surface area contributed by atoms with E-state index in [0.717, 1.165) is 17.4 Å². The van der Waals surface area contributed by atoms with Crippen molar-refractivity contribution in [1.82, 2.24) is 20.2 Å². The molecule has 0 fully saturated rings. The molecule has 0 saturated carbocycles. The van der Waals surface area contributed by atoms with Crippen LogP contribution < -0.4 is 5.43 Å². The molecule has 2 heterocycles. The summed E-state index contributed by atoms with van der Waals surface area (Å²) < 4.78 is 41.4. The first kappa shape index (κ1) is 21.2. The van der Waals surface area contributed by atoms with Crippen LogP contribution in [0.15, 0.2) is 71.1 Å². The highest BCUT2D eigenvalue weighted by molar-refractivity contribution is 7.12. The molecule has 4 rings (SSSR count). The summed E-state index contributed by atoms with van der Waals surface area (Å²) in [6.07, 6.45) is -3.43. The first-order valence-corrected chi connectivity index (χ1v) is 10.0. The molecular weight excluding hydrogens is 443 g/mol. The van der Waals surface area contributed by atoms with Crippen LogP contribution in [0.4, 0.5) is 13.2 Å². The largest absolute Gasteiger partial charge is 0.507 e. The Balaban J connectivity index is 1.58. The van der Waals surface area contributed by atoms with Gasteiger partial charge in [0.25, 0.3) is 5.91 Å². The topological polar surface area (TPSA) is 92.4 Å². The van der Waals surface area contributed by atoms with Gasteiger partial charge in [0, 0.05) is 16.5 Å². The lowest BCUT2D eigenvalue weighted by Gasteiger charge is -2.06. The van der Waals surface area contributed by atoms with Gasteiger partial charge in [0.05, 0.1) is 11.9 Å². The molecule has 32 heavy (non-hydrogen) atoms. The quantitative estimate of drug-likeness (QED) is 0.341. The molecule has 0 aliphatic heterocycles. The molecule has 0 aliphatic rings. The van der Waals surface area contributed by atoms with Crippen molar-refractivity contribution in [2.24, 2.45) is 5.10 Å². The number of carbonyl (C=O) groups is 1. The monoisotopic (exact) mass is 457 g/mol. The second-order valence-corrected chi connectivity index (χ2v) is 7.30. The standard InChI is InChI=1S/C21H14F3N5O2S/c22-21(23,24)18-10-15(13-6-2-1-3-7-13)28-29(18)20-26-16(12-32-20)19(31)27-25-11-14-8-4-5-9-17(14)30/h1-12,30H,(H,27,31)/b25-11+. The number of nitrogens with zero attached hydrogens (tertiary/aromatic N) is 4. The van der Waals surface area contributed by atoms with E-state index in [1.165, 1.54) is 17.7 Å². The number of nitrogens with one attached hydrogen (secondary N) is 1. The van der Waals surface area contributed by atoms with E-state index in [9.17, 15) is 23.1 Å². The number of hydrogen-bond acceptors (Lipinski definition) is 6. The fourth-order valence-electron chi connectivity index (χ4n) is 2.76. The molecule has 2 N–H and O–H groups in total. The Morgan fingerprint density at radius 2 is 1.84 bits per heavy atom. The summed E-state index contributed by atoms with van der Waals surface area (Å²) >= 11 is 0.839. The number of aromatic nitrogens is 3. The van der Waals surface area contributed by atoms with E-state index in [1.807, 2.05) is 0 Å². The third-order valence-electron chi connectivity index (χ3n) is 4.28. The minimum Gasteiger partial charge on any atom is -0.507 e. The highest BCUT2D eigenvalue weighted by Crippen LogP contribution is 2.34. The molecule has 0 unspecified atom stereocenters. The van der Waals surface area contributed by atoms with Gasteiger partial charge >= 0.3 is 6.18 Å².